The van der Waals surface area contributed by atoms with Crippen LogP contribution in [0.2, 0.25) is 5.02 Å². The number of halogens is 1. The molecule has 0 bridgehead atoms. The largest absolute Gasteiger partial charge is 0.466 e. The van der Waals surface area contributed by atoms with Gasteiger partial charge in [-0.15, -0.1) is 0 Å². The Bertz CT molecular complexity index is 377. The van der Waals surface area contributed by atoms with Crippen LogP contribution in [0, 0.1) is 6.92 Å². The minimum absolute atomic E-state index is 0.173. The van der Waals surface area contributed by atoms with Gasteiger partial charge in [0.15, 0.2) is 0 Å². The van der Waals surface area contributed by atoms with Crippen LogP contribution in [0.15, 0.2) is 12.1 Å². The quantitative estimate of drug-likeness (QED) is 0.637. The molecular weight excluding hydrogens is 214 g/mol. The van der Waals surface area contributed by atoms with Gasteiger partial charge in [0.25, 0.3) is 0 Å². The van der Waals surface area contributed by atoms with Crippen molar-refractivity contribution in [1.29, 1.82) is 0 Å². The number of hydrogen-bond acceptors (Lipinski definition) is 3. The number of benzene rings is 1. The van der Waals surface area contributed by atoms with Crippen molar-refractivity contribution in [2.75, 3.05) is 12.3 Å². The molecule has 0 aliphatic heterocycles. The molecule has 0 heterocycles. The molecule has 0 aliphatic carbocycles. The molecule has 1 aromatic rings. The maximum atomic E-state index is 11.3. The molecular formula is C11H14ClNO2. The number of nitrogens with two attached hydrogens (primary N) is 1. The monoisotopic (exact) mass is 227 g/mol. The molecule has 1 aromatic carbocycles. The van der Waals surface area contributed by atoms with Gasteiger partial charge in [-0.1, -0.05) is 17.7 Å². The van der Waals surface area contributed by atoms with Crippen molar-refractivity contribution in [3.8, 4) is 0 Å². The summed E-state index contributed by atoms with van der Waals surface area (Å²) in [6.07, 6.45) is 0.173. The second-order valence-corrected chi connectivity index (χ2v) is 3.65. The van der Waals surface area contributed by atoms with Crippen molar-refractivity contribution in [2.45, 2.75) is 20.3 Å². The average Bonchev–Trinajstić information content (AvgIpc) is 2.19. The van der Waals surface area contributed by atoms with Crippen LogP contribution < -0.4 is 5.73 Å². The normalized spacial score (nSPS) is 10.1. The number of rotatable bonds is 3. The third-order valence-electron chi connectivity index (χ3n) is 2.16. The lowest BCUT2D eigenvalue weighted by molar-refractivity contribution is -0.142. The topological polar surface area (TPSA) is 52.3 Å². The Morgan fingerprint density at radius 1 is 1.53 bits per heavy atom. The van der Waals surface area contributed by atoms with E-state index in [4.69, 9.17) is 22.1 Å². The molecule has 3 nitrogen and oxygen atoms in total. The average molecular weight is 228 g/mol. The molecule has 82 valence electrons. The third kappa shape index (κ3) is 2.86. The fourth-order valence-electron chi connectivity index (χ4n) is 1.34. The van der Waals surface area contributed by atoms with E-state index < -0.39 is 0 Å². The van der Waals surface area contributed by atoms with Crippen LogP contribution in [-0.4, -0.2) is 12.6 Å². The summed E-state index contributed by atoms with van der Waals surface area (Å²) < 4.78 is 4.86. The van der Waals surface area contributed by atoms with Gasteiger partial charge in [0, 0.05) is 0 Å². The molecule has 0 fully saturated rings. The Morgan fingerprint density at radius 2 is 2.20 bits per heavy atom. The lowest BCUT2D eigenvalue weighted by atomic mass is 10.0. The minimum Gasteiger partial charge on any atom is -0.466 e. The Hall–Kier alpha value is -1.22. The summed E-state index contributed by atoms with van der Waals surface area (Å²) in [6, 6.07) is 3.56. The fraction of sp³-hybridized carbons (Fsp3) is 0.364. The first-order chi connectivity index (χ1) is 7.06. The number of carbonyl (C=O) groups excluding carboxylic acids is 1. The SMILES string of the molecule is CCOC(=O)Cc1c(C)ccc(Cl)c1N. The zero-order valence-electron chi connectivity index (χ0n) is 8.84. The molecule has 15 heavy (non-hydrogen) atoms. The van der Waals surface area contributed by atoms with Crippen LogP contribution >= 0.6 is 11.6 Å². The van der Waals surface area contributed by atoms with Crippen LogP contribution in [0.4, 0.5) is 5.69 Å². The zero-order chi connectivity index (χ0) is 11.4. The first-order valence-corrected chi connectivity index (χ1v) is 5.13. The number of ether oxygens (including phenoxy) is 1. The molecule has 0 saturated heterocycles. The van der Waals surface area contributed by atoms with E-state index in [9.17, 15) is 4.79 Å². The Morgan fingerprint density at radius 3 is 2.80 bits per heavy atom. The fourth-order valence-corrected chi connectivity index (χ4v) is 1.51. The van der Waals surface area contributed by atoms with Crippen molar-refractivity contribution in [1.82, 2.24) is 0 Å². The summed E-state index contributed by atoms with van der Waals surface area (Å²) in [7, 11) is 0. The van der Waals surface area contributed by atoms with Crippen molar-refractivity contribution in [3.05, 3.63) is 28.3 Å². The van der Waals surface area contributed by atoms with E-state index in [0.717, 1.165) is 11.1 Å². The van der Waals surface area contributed by atoms with Gasteiger partial charge in [0.1, 0.15) is 0 Å². The number of carbonyl (C=O) groups is 1. The maximum absolute atomic E-state index is 11.3. The Labute approximate surface area is 94.2 Å². The highest BCUT2D eigenvalue weighted by Crippen LogP contribution is 2.26. The molecule has 0 aliphatic rings. The summed E-state index contributed by atoms with van der Waals surface area (Å²) in [6.45, 7) is 4.03. The lowest BCUT2D eigenvalue weighted by Gasteiger charge is -2.10. The molecule has 4 heteroatoms. The number of esters is 1. The molecule has 0 unspecified atom stereocenters. The highest BCUT2D eigenvalue weighted by atomic mass is 35.5. The number of aryl methyl sites for hydroxylation is 1. The van der Waals surface area contributed by atoms with E-state index in [-0.39, 0.29) is 12.4 Å². The highest BCUT2D eigenvalue weighted by molar-refractivity contribution is 6.33. The second kappa shape index (κ2) is 5.03. The molecule has 0 amide bonds. The van der Waals surface area contributed by atoms with Crippen molar-refractivity contribution >= 4 is 23.3 Å². The first-order valence-electron chi connectivity index (χ1n) is 4.75. The van der Waals surface area contributed by atoms with Crippen molar-refractivity contribution in [2.24, 2.45) is 0 Å². The number of anilines is 1. The van der Waals surface area contributed by atoms with Gasteiger partial charge in [0.2, 0.25) is 0 Å². The summed E-state index contributed by atoms with van der Waals surface area (Å²) in [5.41, 5.74) is 7.95. The van der Waals surface area contributed by atoms with Crippen LogP contribution in [0.1, 0.15) is 18.1 Å². The van der Waals surface area contributed by atoms with Gasteiger partial charge in [0.05, 0.1) is 23.7 Å². The van der Waals surface area contributed by atoms with Gasteiger partial charge in [-0.2, -0.15) is 0 Å². The lowest BCUT2D eigenvalue weighted by Crippen LogP contribution is -2.10. The standard InChI is InChI=1S/C11H14ClNO2/c1-3-15-10(14)6-8-7(2)4-5-9(12)11(8)13/h4-5H,3,6,13H2,1-2H3. The van der Waals surface area contributed by atoms with Gasteiger partial charge in [-0.25, -0.2) is 0 Å². The van der Waals surface area contributed by atoms with Crippen molar-refractivity contribution in [3.63, 3.8) is 0 Å². The highest BCUT2D eigenvalue weighted by Gasteiger charge is 2.11. The van der Waals surface area contributed by atoms with Gasteiger partial charge >= 0.3 is 5.97 Å². The van der Waals surface area contributed by atoms with Crippen LogP contribution in [-0.2, 0) is 16.0 Å². The number of hydrogen-bond donors (Lipinski definition) is 1. The summed E-state index contributed by atoms with van der Waals surface area (Å²) in [5.74, 6) is -0.283. The van der Waals surface area contributed by atoms with Gasteiger partial charge in [-0.05, 0) is 31.0 Å². The molecule has 0 radical (unpaired) electrons. The van der Waals surface area contributed by atoms with E-state index >= 15 is 0 Å². The Balaban J connectivity index is 2.93. The van der Waals surface area contributed by atoms with Crippen LogP contribution in [0.5, 0.6) is 0 Å². The van der Waals surface area contributed by atoms with E-state index in [0.29, 0.717) is 17.3 Å². The van der Waals surface area contributed by atoms with E-state index in [1.165, 1.54) is 0 Å². The molecule has 0 atom stereocenters. The van der Waals surface area contributed by atoms with E-state index in [1.807, 2.05) is 13.0 Å². The van der Waals surface area contributed by atoms with Crippen LogP contribution in [0.25, 0.3) is 0 Å². The predicted octanol–water partition coefficient (Wildman–Crippen LogP) is 2.34. The smallest absolute Gasteiger partial charge is 0.310 e. The minimum atomic E-state index is -0.283. The summed E-state index contributed by atoms with van der Waals surface area (Å²) >= 11 is 5.87. The number of nitrogen functional groups attached to an aromatic ring is 1. The Kier molecular flexibility index (Phi) is 3.97. The van der Waals surface area contributed by atoms with Crippen molar-refractivity contribution < 1.29 is 9.53 Å². The van der Waals surface area contributed by atoms with Gasteiger partial charge < -0.3 is 10.5 Å². The molecule has 1 rings (SSSR count). The summed E-state index contributed by atoms with van der Waals surface area (Å²) in [4.78, 5) is 11.3. The molecule has 0 saturated carbocycles. The van der Waals surface area contributed by atoms with Gasteiger partial charge in [-0.3, -0.25) is 4.79 Å². The summed E-state index contributed by atoms with van der Waals surface area (Å²) in [5, 5.41) is 0.472. The second-order valence-electron chi connectivity index (χ2n) is 3.24. The maximum Gasteiger partial charge on any atom is 0.310 e. The van der Waals surface area contributed by atoms with Crippen LogP contribution in [0.3, 0.4) is 0 Å². The van der Waals surface area contributed by atoms with E-state index in [2.05, 4.69) is 0 Å². The zero-order valence-corrected chi connectivity index (χ0v) is 9.60. The molecule has 0 spiro atoms. The molecule has 2 N–H and O–H groups in total. The van der Waals surface area contributed by atoms with E-state index in [1.54, 1.807) is 13.0 Å². The predicted molar refractivity (Wildman–Crippen MR) is 60.9 cm³/mol. The third-order valence-corrected chi connectivity index (χ3v) is 2.49. The molecule has 0 aromatic heterocycles. The first kappa shape index (κ1) is 11.9.